The molecule has 1 saturated heterocycles. The summed E-state index contributed by atoms with van der Waals surface area (Å²) in [6, 6.07) is 6.46. The van der Waals surface area contributed by atoms with E-state index in [1.165, 1.54) is 11.1 Å². The minimum atomic E-state index is -0.0637. The van der Waals surface area contributed by atoms with E-state index in [2.05, 4.69) is 60.2 Å². The molecule has 0 saturated carbocycles. The zero-order valence-corrected chi connectivity index (χ0v) is 12.8. The Morgan fingerprint density at radius 3 is 2.67 bits per heavy atom. The Morgan fingerprint density at radius 2 is 2.17 bits per heavy atom. The molecule has 2 nitrogen and oxygen atoms in total. The molecule has 0 spiro atoms. The lowest BCUT2D eigenvalue weighted by Gasteiger charge is -2.33. The average Bonchev–Trinajstić information content (AvgIpc) is 2.67. The molecule has 1 atom stereocenters. The predicted molar refractivity (Wildman–Crippen MR) is 77.5 cm³/mol. The number of amides is 1. The van der Waals surface area contributed by atoms with E-state index in [0.29, 0.717) is 12.3 Å². The highest BCUT2D eigenvalue weighted by atomic mass is 79.9. The zero-order valence-electron chi connectivity index (χ0n) is 11.2. The summed E-state index contributed by atoms with van der Waals surface area (Å²) >= 11 is 3.57. The topological polar surface area (TPSA) is 29.1 Å². The van der Waals surface area contributed by atoms with E-state index in [1.54, 1.807) is 0 Å². The zero-order chi connectivity index (χ0) is 13.3. The molecule has 1 heterocycles. The molecule has 2 rings (SSSR count). The first-order valence-corrected chi connectivity index (χ1v) is 7.28. The van der Waals surface area contributed by atoms with Crippen LogP contribution in [0.4, 0.5) is 0 Å². The van der Waals surface area contributed by atoms with E-state index in [-0.39, 0.29) is 11.4 Å². The van der Waals surface area contributed by atoms with Crippen molar-refractivity contribution in [1.82, 2.24) is 5.32 Å². The van der Waals surface area contributed by atoms with Crippen LogP contribution in [0.2, 0.25) is 0 Å². The molecule has 98 valence electrons. The van der Waals surface area contributed by atoms with Crippen molar-refractivity contribution in [1.29, 1.82) is 0 Å². The molecule has 18 heavy (non-hydrogen) atoms. The Kier molecular flexibility index (Phi) is 3.81. The first kappa shape index (κ1) is 13.6. The fourth-order valence-corrected chi connectivity index (χ4v) is 3.05. The smallest absolute Gasteiger partial charge is 0.220 e. The van der Waals surface area contributed by atoms with Gasteiger partial charge in [-0.05, 0) is 42.9 Å². The van der Waals surface area contributed by atoms with Crippen LogP contribution in [0.1, 0.15) is 37.8 Å². The van der Waals surface area contributed by atoms with Gasteiger partial charge in [-0.3, -0.25) is 4.79 Å². The van der Waals surface area contributed by atoms with Crippen LogP contribution in [-0.2, 0) is 11.2 Å². The van der Waals surface area contributed by atoms with Gasteiger partial charge in [0.25, 0.3) is 0 Å². The molecule has 0 aromatic heterocycles. The number of aryl methyl sites for hydroxylation is 1. The van der Waals surface area contributed by atoms with E-state index in [4.69, 9.17) is 0 Å². The second-order valence-corrected chi connectivity index (χ2v) is 6.47. The number of hydrogen-bond acceptors (Lipinski definition) is 1. The summed E-state index contributed by atoms with van der Waals surface area (Å²) in [7, 11) is 0. The van der Waals surface area contributed by atoms with Crippen LogP contribution in [0.25, 0.3) is 0 Å². The third-order valence-electron chi connectivity index (χ3n) is 4.05. The molecule has 1 aliphatic rings. The van der Waals surface area contributed by atoms with Crippen LogP contribution in [-0.4, -0.2) is 11.4 Å². The minimum absolute atomic E-state index is 0.0637. The van der Waals surface area contributed by atoms with E-state index in [9.17, 15) is 4.79 Å². The van der Waals surface area contributed by atoms with Crippen molar-refractivity contribution in [2.45, 2.75) is 45.6 Å². The Hall–Kier alpha value is -0.830. The van der Waals surface area contributed by atoms with Crippen LogP contribution in [0.5, 0.6) is 0 Å². The van der Waals surface area contributed by atoms with Crippen molar-refractivity contribution < 1.29 is 4.79 Å². The van der Waals surface area contributed by atoms with E-state index < -0.39 is 0 Å². The number of rotatable bonds is 3. The number of halogens is 1. The van der Waals surface area contributed by atoms with Gasteiger partial charge in [0.15, 0.2) is 0 Å². The van der Waals surface area contributed by atoms with Crippen molar-refractivity contribution in [3.05, 3.63) is 33.8 Å². The molecule has 1 aromatic carbocycles. The van der Waals surface area contributed by atoms with E-state index >= 15 is 0 Å². The number of carbonyl (C=O) groups excluding carboxylic acids is 1. The summed E-state index contributed by atoms with van der Waals surface area (Å²) in [6.45, 7) is 6.47. The average molecular weight is 310 g/mol. The molecule has 1 aromatic rings. The number of carbonyl (C=O) groups is 1. The summed E-state index contributed by atoms with van der Waals surface area (Å²) in [6.07, 6.45) is 2.51. The minimum Gasteiger partial charge on any atom is -0.350 e. The summed E-state index contributed by atoms with van der Waals surface area (Å²) in [5, 5.41) is 3.20. The van der Waals surface area contributed by atoms with Crippen LogP contribution >= 0.6 is 15.9 Å². The maximum Gasteiger partial charge on any atom is 0.220 e. The van der Waals surface area contributed by atoms with Gasteiger partial charge >= 0.3 is 0 Å². The molecule has 0 aliphatic carbocycles. The number of benzene rings is 1. The van der Waals surface area contributed by atoms with Gasteiger partial charge in [-0.1, -0.05) is 41.9 Å². The second kappa shape index (κ2) is 5.04. The quantitative estimate of drug-likeness (QED) is 0.908. The molecule has 1 fully saturated rings. The maximum absolute atomic E-state index is 11.6. The van der Waals surface area contributed by atoms with Gasteiger partial charge < -0.3 is 5.32 Å². The van der Waals surface area contributed by atoms with Crippen LogP contribution < -0.4 is 5.32 Å². The molecule has 0 bridgehead atoms. The largest absolute Gasteiger partial charge is 0.350 e. The van der Waals surface area contributed by atoms with Crippen LogP contribution in [0.3, 0.4) is 0 Å². The van der Waals surface area contributed by atoms with E-state index in [1.807, 2.05) is 0 Å². The highest BCUT2D eigenvalue weighted by Gasteiger charge is 2.40. The lowest BCUT2D eigenvalue weighted by Crippen LogP contribution is -2.48. The van der Waals surface area contributed by atoms with Gasteiger partial charge in [0.05, 0.1) is 0 Å². The molecule has 3 heteroatoms. The van der Waals surface area contributed by atoms with Crippen molar-refractivity contribution >= 4 is 21.8 Å². The second-order valence-electron chi connectivity index (χ2n) is 5.62. The standard InChI is InChI=1S/C15H20BrNO/c1-10(2)15(7-6-14(18)17-15)9-12-5-4-11(3)13(16)8-12/h4-5,8,10H,6-7,9H2,1-3H3,(H,17,18). The Bertz CT molecular complexity index is 470. The van der Waals surface area contributed by atoms with Gasteiger partial charge in [0.2, 0.25) is 5.91 Å². The molecule has 0 radical (unpaired) electrons. The SMILES string of the molecule is Cc1ccc(CC2(C(C)C)CCC(=O)N2)cc1Br. The molecular weight excluding hydrogens is 290 g/mol. The summed E-state index contributed by atoms with van der Waals surface area (Å²) in [5.74, 6) is 0.638. The first-order chi connectivity index (χ1) is 8.43. The number of hydrogen-bond donors (Lipinski definition) is 1. The van der Waals surface area contributed by atoms with Gasteiger partial charge in [0, 0.05) is 16.4 Å². The van der Waals surface area contributed by atoms with Crippen LogP contribution in [0, 0.1) is 12.8 Å². The van der Waals surface area contributed by atoms with Crippen LogP contribution in [0.15, 0.2) is 22.7 Å². The molecule has 1 unspecified atom stereocenters. The number of nitrogens with one attached hydrogen (secondary N) is 1. The lowest BCUT2D eigenvalue weighted by molar-refractivity contribution is -0.120. The third-order valence-corrected chi connectivity index (χ3v) is 4.90. The third kappa shape index (κ3) is 2.61. The molecule has 1 amide bonds. The fourth-order valence-electron chi connectivity index (χ4n) is 2.62. The highest BCUT2D eigenvalue weighted by molar-refractivity contribution is 9.10. The fraction of sp³-hybridized carbons (Fsp3) is 0.533. The summed E-state index contributed by atoms with van der Waals surface area (Å²) in [4.78, 5) is 11.6. The molecular formula is C15H20BrNO. The van der Waals surface area contributed by atoms with E-state index in [0.717, 1.165) is 17.3 Å². The predicted octanol–water partition coefficient (Wildman–Crippen LogP) is 3.60. The van der Waals surface area contributed by atoms with Gasteiger partial charge in [0.1, 0.15) is 0 Å². The Labute approximate surface area is 117 Å². The lowest BCUT2D eigenvalue weighted by atomic mass is 9.80. The van der Waals surface area contributed by atoms with Crippen molar-refractivity contribution in [3.8, 4) is 0 Å². The van der Waals surface area contributed by atoms with Gasteiger partial charge in [-0.25, -0.2) is 0 Å². The first-order valence-electron chi connectivity index (χ1n) is 6.49. The Morgan fingerprint density at radius 1 is 1.44 bits per heavy atom. The summed E-state index contributed by atoms with van der Waals surface area (Å²) in [5.41, 5.74) is 2.46. The van der Waals surface area contributed by atoms with Gasteiger partial charge in [-0.2, -0.15) is 0 Å². The highest BCUT2D eigenvalue weighted by Crippen LogP contribution is 2.32. The molecule has 1 N–H and O–H groups in total. The Balaban J connectivity index is 2.24. The summed E-state index contributed by atoms with van der Waals surface area (Å²) < 4.78 is 1.14. The van der Waals surface area contributed by atoms with Crippen molar-refractivity contribution in [2.24, 2.45) is 5.92 Å². The van der Waals surface area contributed by atoms with Crippen molar-refractivity contribution in [3.63, 3.8) is 0 Å². The van der Waals surface area contributed by atoms with Gasteiger partial charge in [-0.15, -0.1) is 0 Å². The normalized spacial score (nSPS) is 23.5. The maximum atomic E-state index is 11.6. The monoisotopic (exact) mass is 309 g/mol. The molecule has 1 aliphatic heterocycles. The van der Waals surface area contributed by atoms with Crippen molar-refractivity contribution in [2.75, 3.05) is 0 Å².